The molecule has 0 radical (unpaired) electrons. The van der Waals surface area contributed by atoms with Crippen LogP contribution in [-0.2, 0) is 14.8 Å². The summed E-state index contributed by atoms with van der Waals surface area (Å²) in [6, 6.07) is 5.91. The molecule has 0 bridgehead atoms. The Morgan fingerprint density at radius 2 is 1.68 bits per heavy atom. The molecule has 2 heterocycles. The molecule has 3 rings (SSSR count). The molecule has 0 unspecified atom stereocenters. The summed E-state index contributed by atoms with van der Waals surface area (Å²) in [5.74, 6) is -1.36. The molecule has 2 atom stereocenters. The maximum Gasteiger partial charge on any atom is 0.238 e. The molecule has 2 aromatic rings. The number of carbonyl (C=O) groups is 1. The van der Waals surface area contributed by atoms with Crippen molar-refractivity contribution >= 4 is 22.1 Å². The summed E-state index contributed by atoms with van der Waals surface area (Å²) in [6.07, 6.45) is 1.79. The Hall–Kier alpha value is -2.70. The van der Waals surface area contributed by atoms with Crippen LogP contribution in [0.3, 0.4) is 0 Å². The van der Waals surface area contributed by atoms with Crippen molar-refractivity contribution < 1.29 is 27.2 Å². The first-order valence-electron chi connectivity index (χ1n) is 9.62. The van der Waals surface area contributed by atoms with Gasteiger partial charge in [0.1, 0.15) is 11.6 Å². The lowest BCUT2D eigenvalue weighted by atomic mass is 10.1. The molecule has 0 spiro atoms. The zero-order chi connectivity index (χ0) is 22.6. The van der Waals surface area contributed by atoms with Crippen molar-refractivity contribution in [3.05, 3.63) is 54.1 Å². The number of amides is 1. The second-order valence-electron chi connectivity index (χ2n) is 7.24. The first-order chi connectivity index (χ1) is 14.7. The van der Waals surface area contributed by atoms with Gasteiger partial charge in [0, 0.05) is 37.8 Å². The molecule has 1 saturated heterocycles. The minimum Gasteiger partial charge on any atom is -0.369 e. The van der Waals surface area contributed by atoms with Crippen molar-refractivity contribution in [1.29, 1.82) is 0 Å². The van der Waals surface area contributed by atoms with E-state index < -0.39 is 27.1 Å². The van der Waals surface area contributed by atoms with E-state index in [1.165, 1.54) is 16.4 Å². The second-order valence-corrected chi connectivity index (χ2v) is 9.33. The average molecular weight is 455 g/mol. The number of carbonyl (C=O) groups excluding carboxylic acids is 1. The number of hydrogen-bond donors (Lipinski definition) is 1. The summed E-state index contributed by atoms with van der Waals surface area (Å²) in [7, 11) is -4.10. The highest BCUT2D eigenvalue weighted by atomic mass is 32.2. The second kappa shape index (κ2) is 9.62. The van der Waals surface area contributed by atoms with E-state index >= 15 is 0 Å². The first kappa shape index (κ1) is 23.0. The van der Waals surface area contributed by atoms with Crippen molar-refractivity contribution in [3.63, 3.8) is 0 Å². The molecule has 1 amide bonds. The van der Waals surface area contributed by atoms with Crippen molar-refractivity contribution in [2.75, 3.05) is 31.1 Å². The number of nitrogens with zero attached hydrogens (tertiary/aromatic N) is 5. The Morgan fingerprint density at radius 3 is 2.23 bits per heavy atom. The monoisotopic (exact) mass is 455 g/mol. The third-order valence-electron chi connectivity index (χ3n) is 5.17. The van der Waals surface area contributed by atoms with Gasteiger partial charge < -0.3 is 4.90 Å². The molecule has 0 aliphatic carbocycles. The molecule has 1 aliphatic heterocycles. The van der Waals surface area contributed by atoms with E-state index in [0.717, 1.165) is 18.1 Å². The summed E-state index contributed by atoms with van der Waals surface area (Å²) >= 11 is 0. The molecular weight excluding hydrogens is 432 g/mol. The fourth-order valence-electron chi connectivity index (χ4n) is 3.44. The fraction of sp³-hybridized carbons (Fsp3) is 0.421. The summed E-state index contributed by atoms with van der Waals surface area (Å²) in [6.45, 7) is 2.61. The zero-order valence-corrected chi connectivity index (χ0v) is 17.6. The lowest BCUT2D eigenvalue weighted by Gasteiger charge is -2.38. The number of hydroxylamine groups is 2. The molecule has 1 N–H and O–H groups in total. The van der Waals surface area contributed by atoms with Gasteiger partial charge in [-0.3, -0.25) is 10.0 Å². The van der Waals surface area contributed by atoms with E-state index in [9.17, 15) is 27.2 Å². The Labute approximate surface area is 178 Å². The van der Waals surface area contributed by atoms with Gasteiger partial charge in [-0.2, -0.15) is 4.31 Å². The number of hydrogen-bond acceptors (Lipinski definition) is 7. The Bertz CT molecular complexity index is 983. The normalized spacial score (nSPS) is 17.2. The molecule has 12 heteroatoms. The molecule has 1 aromatic heterocycles. The summed E-state index contributed by atoms with van der Waals surface area (Å²) in [4.78, 5) is 20.8. The molecule has 1 fully saturated rings. The predicted octanol–water partition coefficient (Wildman–Crippen LogP) is 1.57. The third-order valence-corrected chi connectivity index (χ3v) is 7.35. The SMILES string of the molecule is C[C@@H](C[C@H](N(O)C=O)S(=O)(=O)N1CCN(c2ccc(F)cc2)CC1)c1ncc(F)cn1. The lowest BCUT2D eigenvalue weighted by Crippen LogP contribution is -2.54. The summed E-state index contributed by atoms with van der Waals surface area (Å²) in [5.41, 5.74) is 0.772. The van der Waals surface area contributed by atoms with Crippen LogP contribution >= 0.6 is 0 Å². The molecule has 1 aromatic carbocycles. The van der Waals surface area contributed by atoms with Crippen LogP contribution in [0.1, 0.15) is 25.1 Å². The van der Waals surface area contributed by atoms with Crippen LogP contribution < -0.4 is 4.90 Å². The van der Waals surface area contributed by atoms with Gasteiger partial charge in [0.15, 0.2) is 11.2 Å². The van der Waals surface area contributed by atoms with Gasteiger partial charge >= 0.3 is 0 Å². The predicted molar refractivity (Wildman–Crippen MR) is 108 cm³/mol. The quantitative estimate of drug-likeness (QED) is 0.366. The van der Waals surface area contributed by atoms with Gasteiger partial charge in [-0.05, 0) is 30.7 Å². The summed E-state index contributed by atoms with van der Waals surface area (Å²) in [5, 5.41) is 8.57. The zero-order valence-electron chi connectivity index (χ0n) is 16.8. The summed E-state index contributed by atoms with van der Waals surface area (Å²) < 4.78 is 53.8. The molecule has 0 saturated carbocycles. The standard InChI is InChI=1S/C19H23F2N5O4S/c1-14(19-22-11-16(21)12-23-19)10-18(26(28)13-27)31(29,30)25-8-6-24(7-9-25)17-4-2-15(20)3-5-17/h2-5,11-14,18,28H,6-10H2,1H3/t14-,18+/m0/s1. The number of sulfonamides is 1. The third kappa shape index (κ3) is 5.32. The van der Waals surface area contributed by atoms with Crippen LogP contribution in [0.5, 0.6) is 0 Å². The Kier molecular flexibility index (Phi) is 7.13. The van der Waals surface area contributed by atoms with Crippen molar-refractivity contribution in [3.8, 4) is 0 Å². The van der Waals surface area contributed by atoms with Crippen LogP contribution in [0.4, 0.5) is 14.5 Å². The van der Waals surface area contributed by atoms with Crippen LogP contribution in [0.2, 0.25) is 0 Å². The highest BCUT2D eigenvalue weighted by Gasteiger charge is 2.39. The van der Waals surface area contributed by atoms with E-state index in [-0.39, 0.29) is 42.6 Å². The van der Waals surface area contributed by atoms with E-state index in [1.807, 2.05) is 4.90 Å². The van der Waals surface area contributed by atoms with Gasteiger partial charge in [-0.1, -0.05) is 6.92 Å². The number of rotatable bonds is 8. The Balaban J connectivity index is 1.72. The first-order valence-corrected chi connectivity index (χ1v) is 11.1. The average Bonchev–Trinajstić information content (AvgIpc) is 2.77. The van der Waals surface area contributed by atoms with Gasteiger partial charge in [0.05, 0.1) is 12.4 Å². The van der Waals surface area contributed by atoms with E-state index in [1.54, 1.807) is 19.1 Å². The maximum absolute atomic E-state index is 13.2. The Morgan fingerprint density at radius 1 is 1.10 bits per heavy atom. The highest BCUT2D eigenvalue weighted by Crippen LogP contribution is 2.26. The van der Waals surface area contributed by atoms with Gasteiger partial charge in [0.25, 0.3) is 0 Å². The molecule has 168 valence electrons. The van der Waals surface area contributed by atoms with Gasteiger partial charge in [-0.25, -0.2) is 32.2 Å². The topological polar surface area (TPSA) is 107 Å². The van der Waals surface area contributed by atoms with E-state index in [4.69, 9.17) is 0 Å². The number of anilines is 1. The van der Waals surface area contributed by atoms with E-state index in [0.29, 0.717) is 13.1 Å². The van der Waals surface area contributed by atoms with Crippen LogP contribution in [0, 0.1) is 11.6 Å². The molecule has 1 aliphatic rings. The molecular formula is C19H23F2N5O4S. The van der Waals surface area contributed by atoms with E-state index in [2.05, 4.69) is 9.97 Å². The highest BCUT2D eigenvalue weighted by molar-refractivity contribution is 7.89. The molecule has 31 heavy (non-hydrogen) atoms. The minimum atomic E-state index is -4.10. The fourth-order valence-corrected chi connectivity index (χ4v) is 5.31. The number of benzene rings is 1. The minimum absolute atomic E-state index is 0.0369. The molecule has 9 nitrogen and oxygen atoms in total. The number of piperazine rings is 1. The van der Waals surface area contributed by atoms with Crippen LogP contribution in [0.15, 0.2) is 36.7 Å². The van der Waals surface area contributed by atoms with Crippen LogP contribution in [-0.4, -0.2) is 70.9 Å². The smallest absolute Gasteiger partial charge is 0.238 e. The van der Waals surface area contributed by atoms with Gasteiger partial charge in [-0.15, -0.1) is 0 Å². The van der Waals surface area contributed by atoms with Crippen molar-refractivity contribution in [2.45, 2.75) is 24.6 Å². The van der Waals surface area contributed by atoms with Gasteiger partial charge in [0.2, 0.25) is 16.4 Å². The maximum atomic E-state index is 13.2. The van der Waals surface area contributed by atoms with Crippen molar-refractivity contribution in [1.82, 2.24) is 19.3 Å². The number of halogens is 2. The van der Waals surface area contributed by atoms with Crippen molar-refractivity contribution in [2.24, 2.45) is 0 Å². The lowest BCUT2D eigenvalue weighted by molar-refractivity contribution is -0.154. The number of aromatic nitrogens is 2. The van der Waals surface area contributed by atoms with Crippen LogP contribution in [0.25, 0.3) is 0 Å². The largest absolute Gasteiger partial charge is 0.369 e.